The Balaban J connectivity index is 1.81. The van der Waals surface area contributed by atoms with E-state index in [0.717, 1.165) is 5.56 Å². The molecule has 3 rings (SSSR count). The fraction of sp³-hybridized carbons (Fsp3) is 0.355. The van der Waals surface area contributed by atoms with Gasteiger partial charge in [0, 0.05) is 0 Å². The molecule has 3 aromatic rings. The van der Waals surface area contributed by atoms with E-state index >= 15 is 0 Å². The van der Waals surface area contributed by atoms with Gasteiger partial charge < -0.3 is 19.5 Å². The van der Waals surface area contributed by atoms with Crippen LogP contribution in [-0.4, -0.2) is 61.0 Å². The maximum atomic E-state index is 13.2. The predicted octanol–water partition coefficient (Wildman–Crippen LogP) is 5.66. The third-order valence-electron chi connectivity index (χ3n) is 6.06. The van der Waals surface area contributed by atoms with Crippen LogP contribution in [0, 0.1) is 0 Å². The monoisotopic (exact) mass is 567 g/mol. The van der Waals surface area contributed by atoms with E-state index in [-0.39, 0.29) is 30.2 Å². The minimum atomic E-state index is -3.82. The highest BCUT2D eigenvalue weighted by molar-refractivity contribution is 7.92. The van der Waals surface area contributed by atoms with Gasteiger partial charge in [0.1, 0.15) is 12.2 Å². The molecule has 1 amide bonds. The molecule has 0 saturated heterocycles. The van der Waals surface area contributed by atoms with E-state index in [1.165, 1.54) is 17.0 Å². The molecule has 0 aromatic heterocycles. The van der Waals surface area contributed by atoms with Crippen molar-refractivity contribution in [2.45, 2.75) is 56.5 Å². The molecule has 0 bridgehead atoms. The molecule has 40 heavy (non-hydrogen) atoms. The maximum absolute atomic E-state index is 13.2. The molecule has 1 atom stereocenters. The summed E-state index contributed by atoms with van der Waals surface area (Å²) in [7, 11) is -3.82. The summed E-state index contributed by atoms with van der Waals surface area (Å²) in [6.45, 7) is 7.90. The standard InChI is InChI=1S/C31H37NO7S/c1-22(2)40(36,37)28-20-25(23-12-8-6-9-13-23)16-17-26(28)29(34)38-19-18-32(30(35)39-31(3,4)5)21-27(33)24-14-10-7-11-15-24/h6-17,20,22,27,33H,18-19,21H2,1-5H3/t27-/m0/s1. The molecule has 0 unspecified atom stereocenters. The highest BCUT2D eigenvalue weighted by Crippen LogP contribution is 2.28. The normalized spacial score (nSPS) is 12.6. The van der Waals surface area contributed by atoms with Crippen molar-refractivity contribution < 1.29 is 32.6 Å². The summed E-state index contributed by atoms with van der Waals surface area (Å²) in [6.07, 6.45) is -1.66. The Morgan fingerprint density at radius 3 is 2.08 bits per heavy atom. The fourth-order valence-corrected chi connectivity index (χ4v) is 5.15. The number of rotatable bonds is 10. The number of nitrogens with zero attached hydrogens (tertiary/aromatic N) is 1. The molecule has 0 radical (unpaired) electrons. The number of aliphatic hydroxyl groups is 1. The first-order valence-corrected chi connectivity index (χ1v) is 14.7. The zero-order valence-corrected chi connectivity index (χ0v) is 24.4. The summed E-state index contributed by atoms with van der Waals surface area (Å²) in [4.78, 5) is 27.2. The van der Waals surface area contributed by atoms with E-state index in [1.54, 1.807) is 65.0 Å². The minimum absolute atomic E-state index is 0.0705. The van der Waals surface area contributed by atoms with E-state index < -0.39 is 38.9 Å². The predicted molar refractivity (Wildman–Crippen MR) is 154 cm³/mol. The van der Waals surface area contributed by atoms with Crippen LogP contribution in [0.5, 0.6) is 0 Å². The summed E-state index contributed by atoms with van der Waals surface area (Å²) in [5.41, 5.74) is 1.23. The fourth-order valence-electron chi connectivity index (χ4n) is 3.89. The van der Waals surface area contributed by atoms with Gasteiger partial charge in [-0.25, -0.2) is 18.0 Å². The Bertz CT molecular complexity index is 1400. The van der Waals surface area contributed by atoms with Crippen LogP contribution in [0.4, 0.5) is 4.79 Å². The molecule has 0 saturated carbocycles. The van der Waals surface area contributed by atoms with E-state index in [1.807, 2.05) is 36.4 Å². The molecule has 1 N–H and O–H groups in total. The van der Waals surface area contributed by atoms with Gasteiger partial charge in [-0.05, 0) is 63.4 Å². The maximum Gasteiger partial charge on any atom is 0.410 e. The molecule has 0 aliphatic heterocycles. The molecule has 0 aliphatic rings. The van der Waals surface area contributed by atoms with Crippen LogP contribution < -0.4 is 0 Å². The molecule has 0 aliphatic carbocycles. The molecule has 0 heterocycles. The van der Waals surface area contributed by atoms with Gasteiger partial charge in [0.15, 0.2) is 9.84 Å². The van der Waals surface area contributed by atoms with Crippen LogP contribution in [0.3, 0.4) is 0 Å². The van der Waals surface area contributed by atoms with Crippen molar-refractivity contribution >= 4 is 21.9 Å². The summed E-state index contributed by atoms with van der Waals surface area (Å²) in [6, 6.07) is 22.8. The van der Waals surface area contributed by atoms with E-state index in [9.17, 15) is 23.1 Å². The Hall–Kier alpha value is -3.69. The van der Waals surface area contributed by atoms with Gasteiger partial charge in [-0.1, -0.05) is 66.7 Å². The quantitative estimate of drug-likeness (QED) is 0.315. The van der Waals surface area contributed by atoms with Crippen molar-refractivity contribution in [2.24, 2.45) is 0 Å². The molecule has 214 valence electrons. The number of sulfone groups is 1. The number of ether oxygens (including phenoxy) is 2. The van der Waals surface area contributed by atoms with Gasteiger partial charge in [-0.2, -0.15) is 0 Å². The minimum Gasteiger partial charge on any atom is -0.460 e. The Morgan fingerprint density at radius 1 is 0.900 bits per heavy atom. The lowest BCUT2D eigenvalue weighted by molar-refractivity contribution is 0.00662. The second kappa shape index (κ2) is 13.1. The molecule has 9 heteroatoms. The van der Waals surface area contributed by atoms with Gasteiger partial charge in [-0.15, -0.1) is 0 Å². The van der Waals surface area contributed by atoms with Crippen molar-refractivity contribution in [3.8, 4) is 11.1 Å². The van der Waals surface area contributed by atoms with Gasteiger partial charge in [0.25, 0.3) is 0 Å². The molecule has 3 aromatic carbocycles. The largest absolute Gasteiger partial charge is 0.460 e. The summed E-state index contributed by atoms with van der Waals surface area (Å²) in [5, 5.41) is 9.94. The SMILES string of the molecule is CC(C)S(=O)(=O)c1cc(-c2ccccc2)ccc1C(=O)OCCN(C[C@H](O)c1ccccc1)C(=O)OC(C)(C)C. The first-order chi connectivity index (χ1) is 18.8. The van der Waals surface area contributed by atoms with Gasteiger partial charge in [0.05, 0.1) is 34.9 Å². The van der Waals surface area contributed by atoms with Gasteiger partial charge in [0.2, 0.25) is 0 Å². The van der Waals surface area contributed by atoms with Crippen molar-refractivity contribution in [2.75, 3.05) is 19.7 Å². The first kappa shape index (κ1) is 30.8. The second-order valence-corrected chi connectivity index (χ2v) is 13.1. The third-order valence-corrected chi connectivity index (χ3v) is 8.25. The number of hydrogen-bond donors (Lipinski definition) is 1. The van der Waals surface area contributed by atoms with Crippen molar-refractivity contribution in [1.29, 1.82) is 0 Å². The number of carbonyl (C=O) groups is 2. The smallest absolute Gasteiger partial charge is 0.410 e. The highest BCUT2D eigenvalue weighted by atomic mass is 32.2. The van der Waals surface area contributed by atoms with Crippen LogP contribution in [0.2, 0.25) is 0 Å². The van der Waals surface area contributed by atoms with Gasteiger partial charge >= 0.3 is 12.1 Å². The lowest BCUT2D eigenvalue weighted by atomic mass is 10.0. The lowest BCUT2D eigenvalue weighted by Gasteiger charge is -2.29. The molecule has 0 spiro atoms. The number of carbonyl (C=O) groups excluding carboxylic acids is 2. The van der Waals surface area contributed by atoms with E-state index in [0.29, 0.717) is 11.1 Å². The van der Waals surface area contributed by atoms with Crippen molar-refractivity contribution in [1.82, 2.24) is 4.90 Å². The first-order valence-electron chi connectivity index (χ1n) is 13.1. The number of benzene rings is 3. The lowest BCUT2D eigenvalue weighted by Crippen LogP contribution is -2.41. The topological polar surface area (TPSA) is 110 Å². The van der Waals surface area contributed by atoms with Crippen molar-refractivity contribution in [3.63, 3.8) is 0 Å². The second-order valence-electron chi connectivity index (χ2n) is 10.7. The summed E-state index contributed by atoms with van der Waals surface area (Å²) < 4.78 is 37.3. The Kier molecular flexibility index (Phi) is 10.1. The summed E-state index contributed by atoms with van der Waals surface area (Å²) in [5.74, 6) is -0.827. The van der Waals surface area contributed by atoms with Gasteiger partial charge in [-0.3, -0.25) is 0 Å². The molecule has 8 nitrogen and oxygen atoms in total. The molecular weight excluding hydrogens is 530 g/mol. The molecular formula is C31H37NO7S. The average molecular weight is 568 g/mol. The van der Waals surface area contributed by atoms with Crippen LogP contribution >= 0.6 is 0 Å². The Morgan fingerprint density at radius 2 is 1.50 bits per heavy atom. The Labute approximate surface area is 236 Å². The average Bonchev–Trinajstić information content (AvgIpc) is 2.91. The number of hydrogen-bond acceptors (Lipinski definition) is 7. The van der Waals surface area contributed by atoms with Crippen LogP contribution in [0.1, 0.15) is 56.6 Å². The zero-order valence-electron chi connectivity index (χ0n) is 23.5. The van der Waals surface area contributed by atoms with E-state index in [4.69, 9.17) is 9.47 Å². The number of esters is 1. The van der Waals surface area contributed by atoms with Crippen LogP contribution in [-0.2, 0) is 19.3 Å². The van der Waals surface area contributed by atoms with Crippen LogP contribution in [0.15, 0.2) is 83.8 Å². The zero-order chi connectivity index (χ0) is 29.5. The van der Waals surface area contributed by atoms with Crippen molar-refractivity contribution in [3.05, 3.63) is 90.0 Å². The number of aliphatic hydroxyl groups excluding tert-OH is 1. The number of amides is 1. The highest BCUT2D eigenvalue weighted by Gasteiger charge is 2.28. The van der Waals surface area contributed by atoms with E-state index in [2.05, 4.69) is 0 Å². The third kappa shape index (κ3) is 8.16. The molecule has 0 fully saturated rings. The van der Waals surface area contributed by atoms with Crippen LogP contribution in [0.25, 0.3) is 11.1 Å². The summed E-state index contributed by atoms with van der Waals surface area (Å²) >= 11 is 0.